The standard InChI is InChI=1S/C13H15NO5S/c1-7-6-20-11(10(7)13(17)19-3)14-5-8(4-9(14)15)12(16)18-2/h6,8H,4-5H2,1-3H3. The van der Waals surface area contributed by atoms with E-state index in [2.05, 4.69) is 4.74 Å². The Morgan fingerprint density at radius 3 is 2.65 bits per heavy atom. The molecule has 1 fully saturated rings. The van der Waals surface area contributed by atoms with Crippen molar-refractivity contribution < 1.29 is 23.9 Å². The Hall–Kier alpha value is -1.89. The fraction of sp³-hybridized carbons (Fsp3) is 0.462. The monoisotopic (exact) mass is 297 g/mol. The van der Waals surface area contributed by atoms with Crippen molar-refractivity contribution in [2.75, 3.05) is 25.7 Å². The molecule has 1 aromatic rings. The van der Waals surface area contributed by atoms with Gasteiger partial charge in [-0.05, 0) is 17.9 Å². The third-order valence-corrected chi connectivity index (χ3v) is 4.37. The van der Waals surface area contributed by atoms with Gasteiger partial charge in [-0.2, -0.15) is 0 Å². The van der Waals surface area contributed by atoms with Crippen LogP contribution in [0.3, 0.4) is 0 Å². The fourth-order valence-electron chi connectivity index (χ4n) is 2.21. The van der Waals surface area contributed by atoms with Gasteiger partial charge in [-0.15, -0.1) is 11.3 Å². The third-order valence-electron chi connectivity index (χ3n) is 3.25. The van der Waals surface area contributed by atoms with Crippen molar-refractivity contribution in [2.45, 2.75) is 13.3 Å². The maximum atomic E-state index is 12.1. The molecule has 0 saturated carbocycles. The summed E-state index contributed by atoms with van der Waals surface area (Å²) in [5.74, 6) is -1.56. The van der Waals surface area contributed by atoms with Gasteiger partial charge >= 0.3 is 11.9 Å². The van der Waals surface area contributed by atoms with Gasteiger partial charge in [0.1, 0.15) is 5.00 Å². The van der Waals surface area contributed by atoms with E-state index in [4.69, 9.17) is 4.74 Å². The molecule has 0 bridgehead atoms. The largest absolute Gasteiger partial charge is 0.469 e. The highest BCUT2D eigenvalue weighted by Gasteiger charge is 2.38. The topological polar surface area (TPSA) is 72.9 Å². The normalized spacial score (nSPS) is 18.2. The molecule has 20 heavy (non-hydrogen) atoms. The molecule has 1 saturated heterocycles. The van der Waals surface area contributed by atoms with Crippen molar-refractivity contribution in [3.8, 4) is 0 Å². The molecular weight excluding hydrogens is 282 g/mol. The van der Waals surface area contributed by atoms with Crippen LogP contribution < -0.4 is 4.90 Å². The smallest absolute Gasteiger partial charge is 0.341 e. The van der Waals surface area contributed by atoms with Crippen LogP contribution in [0.15, 0.2) is 5.38 Å². The van der Waals surface area contributed by atoms with Crippen LogP contribution in [-0.2, 0) is 19.1 Å². The molecule has 2 rings (SSSR count). The van der Waals surface area contributed by atoms with E-state index in [1.807, 2.05) is 0 Å². The van der Waals surface area contributed by atoms with Gasteiger partial charge in [-0.1, -0.05) is 0 Å². The Morgan fingerprint density at radius 2 is 2.05 bits per heavy atom. The van der Waals surface area contributed by atoms with Gasteiger partial charge in [0.15, 0.2) is 0 Å². The zero-order chi connectivity index (χ0) is 14.9. The first-order valence-electron chi connectivity index (χ1n) is 6.04. The lowest BCUT2D eigenvalue weighted by atomic mass is 10.1. The van der Waals surface area contributed by atoms with Crippen LogP contribution >= 0.6 is 11.3 Å². The summed E-state index contributed by atoms with van der Waals surface area (Å²) in [6, 6.07) is 0. The molecule has 1 aliphatic heterocycles. The van der Waals surface area contributed by atoms with Crippen molar-refractivity contribution in [1.82, 2.24) is 0 Å². The molecule has 0 radical (unpaired) electrons. The third kappa shape index (κ3) is 2.40. The molecule has 1 aromatic heterocycles. The lowest BCUT2D eigenvalue weighted by Gasteiger charge is -2.16. The predicted octanol–water partition coefficient (Wildman–Crippen LogP) is 1.37. The number of hydrogen-bond donors (Lipinski definition) is 0. The average Bonchev–Trinajstić information content (AvgIpc) is 3.00. The van der Waals surface area contributed by atoms with Gasteiger partial charge < -0.3 is 14.4 Å². The summed E-state index contributed by atoms with van der Waals surface area (Å²) in [5, 5.41) is 2.33. The highest BCUT2D eigenvalue weighted by Crippen LogP contribution is 2.36. The number of amides is 1. The van der Waals surface area contributed by atoms with Crippen LogP contribution in [-0.4, -0.2) is 38.6 Å². The molecule has 0 aromatic carbocycles. The van der Waals surface area contributed by atoms with Crippen LogP contribution in [0.4, 0.5) is 5.00 Å². The van der Waals surface area contributed by atoms with Crippen molar-refractivity contribution >= 4 is 34.2 Å². The van der Waals surface area contributed by atoms with Gasteiger partial charge in [-0.3, -0.25) is 9.59 Å². The summed E-state index contributed by atoms with van der Waals surface area (Å²) in [7, 11) is 2.59. The van der Waals surface area contributed by atoms with Gasteiger partial charge in [-0.25, -0.2) is 4.79 Å². The van der Waals surface area contributed by atoms with E-state index < -0.39 is 17.9 Å². The second-order valence-electron chi connectivity index (χ2n) is 4.52. The summed E-state index contributed by atoms with van der Waals surface area (Å²) in [4.78, 5) is 36.8. The quantitative estimate of drug-likeness (QED) is 0.788. The number of ether oxygens (including phenoxy) is 2. The molecule has 0 aliphatic carbocycles. The number of aryl methyl sites for hydroxylation is 1. The minimum Gasteiger partial charge on any atom is -0.469 e. The first-order valence-corrected chi connectivity index (χ1v) is 6.92. The number of anilines is 1. The number of carbonyl (C=O) groups is 3. The van der Waals surface area contributed by atoms with Crippen molar-refractivity contribution in [3.63, 3.8) is 0 Å². The van der Waals surface area contributed by atoms with Crippen molar-refractivity contribution in [2.24, 2.45) is 5.92 Å². The highest BCUT2D eigenvalue weighted by molar-refractivity contribution is 7.15. The Balaban J connectivity index is 2.31. The Bertz CT molecular complexity index is 565. The SMILES string of the molecule is COC(=O)c1c(C)csc1N1CC(C(=O)OC)CC1=O. The van der Waals surface area contributed by atoms with E-state index in [1.54, 1.807) is 12.3 Å². The highest BCUT2D eigenvalue weighted by atomic mass is 32.1. The van der Waals surface area contributed by atoms with Crippen molar-refractivity contribution in [1.29, 1.82) is 0 Å². The van der Waals surface area contributed by atoms with Gasteiger partial charge in [0.25, 0.3) is 0 Å². The van der Waals surface area contributed by atoms with Crippen LogP contribution in [0.5, 0.6) is 0 Å². The van der Waals surface area contributed by atoms with Gasteiger partial charge in [0, 0.05) is 13.0 Å². The minimum absolute atomic E-state index is 0.101. The summed E-state index contributed by atoms with van der Waals surface area (Å²) in [6.45, 7) is 2.01. The fourth-order valence-corrected chi connectivity index (χ4v) is 3.28. The lowest BCUT2D eigenvalue weighted by Crippen LogP contribution is -2.27. The van der Waals surface area contributed by atoms with E-state index in [9.17, 15) is 14.4 Å². The van der Waals surface area contributed by atoms with Crippen LogP contribution in [0.25, 0.3) is 0 Å². The molecule has 1 atom stereocenters. The zero-order valence-electron chi connectivity index (χ0n) is 11.5. The number of methoxy groups -OCH3 is 2. The summed E-state index contributed by atoms with van der Waals surface area (Å²) in [6.07, 6.45) is 0.101. The molecule has 7 heteroatoms. The molecule has 1 aliphatic rings. The van der Waals surface area contributed by atoms with Crippen molar-refractivity contribution in [3.05, 3.63) is 16.5 Å². The molecule has 1 unspecified atom stereocenters. The summed E-state index contributed by atoms with van der Waals surface area (Å²) in [5.41, 5.74) is 1.14. The van der Waals surface area contributed by atoms with Gasteiger partial charge in [0.2, 0.25) is 5.91 Å². The Labute approximate surface area is 120 Å². The average molecular weight is 297 g/mol. The Morgan fingerprint density at radius 1 is 1.35 bits per heavy atom. The molecular formula is C13H15NO5S. The van der Waals surface area contributed by atoms with E-state index in [1.165, 1.54) is 30.5 Å². The number of nitrogens with zero attached hydrogens (tertiary/aromatic N) is 1. The minimum atomic E-state index is -0.486. The zero-order valence-corrected chi connectivity index (χ0v) is 12.3. The van der Waals surface area contributed by atoms with E-state index in [0.717, 1.165) is 5.56 Å². The molecule has 1 amide bonds. The molecule has 0 spiro atoms. The molecule has 108 valence electrons. The van der Waals surface area contributed by atoms with E-state index >= 15 is 0 Å². The molecule has 2 heterocycles. The van der Waals surface area contributed by atoms with E-state index in [-0.39, 0.29) is 18.9 Å². The number of esters is 2. The maximum absolute atomic E-state index is 12.1. The first kappa shape index (κ1) is 14.5. The molecule has 6 nitrogen and oxygen atoms in total. The maximum Gasteiger partial charge on any atom is 0.341 e. The van der Waals surface area contributed by atoms with E-state index in [0.29, 0.717) is 10.6 Å². The van der Waals surface area contributed by atoms with Crippen LogP contribution in [0.1, 0.15) is 22.3 Å². The number of thiophene rings is 1. The van der Waals surface area contributed by atoms with Crippen LogP contribution in [0, 0.1) is 12.8 Å². The second kappa shape index (κ2) is 5.62. The second-order valence-corrected chi connectivity index (χ2v) is 5.38. The number of carbonyl (C=O) groups excluding carboxylic acids is 3. The molecule has 0 N–H and O–H groups in total. The Kier molecular flexibility index (Phi) is 4.08. The number of hydrogen-bond acceptors (Lipinski definition) is 6. The van der Waals surface area contributed by atoms with Gasteiger partial charge in [0.05, 0.1) is 25.7 Å². The first-order chi connectivity index (χ1) is 9.49. The lowest BCUT2D eigenvalue weighted by molar-refractivity contribution is -0.145. The summed E-state index contributed by atoms with van der Waals surface area (Å²) >= 11 is 1.29. The predicted molar refractivity (Wildman–Crippen MR) is 72.9 cm³/mol. The number of rotatable bonds is 3. The van der Waals surface area contributed by atoms with Crippen LogP contribution in [0.2, 0.25) is 0 Å². The summed E-state index contributed by atoms with van der Waals surface area (Å²) < 4.78 is 9.41.